The van der Waals surface area contributed by atoms with Crippen LogP contribution in [0.15, 0.2) is 6.33 Å². The topological polar surface area (TPSA) is 50.9 Å². The Morgan fingerprint density at radius 1 is 1.47 bits per heavy atom. The quantitative estimate of drug-likeness (QED) is 0.823. The first-order valence-corrected chi connectivity index (χ1v) is 6.70. The Hall–Kier alpha value is -0.900. The third-order valence-electron chi connectivity index (χ3n) is 3.48. The zero-order valence-electron chi connectivity index (χ0n) is 10.8. The largest absolute Gasteiger partial charge is 0.393 e. The fourth-order valence-corrected chi connectivity index (χ4v) is 2.35. The molecule has 0 aromatic carbocycles. The molecule has 1 heterocycles. The lowest BCUT2D eigenvalue weighted by molar-refractivity contribution is 0.114. The molecular formula is C13H23N3O. The zero-order chi connectivity index (χ0) is 12.3. The van der Waals surface area contributed by atoms with Crippen LogP contribution >= 0.6 is 0 Å². The van der Waals surface area contributed by atoms with E-state index in [0.29, 0.717) is 12.3 Å². The van der Waals surface area contributed by atoms with Gasteiger partial charge in [-0.3, -0.25) is 0 Å². The van der Waals surface area contributed by atoms with Crippen LogP contribution in [0.25, 0.3) is 0 Å². The van der Waals surface area contributed by atoms with Crippen LogP contribution in [0.1, 0.15) is 45.4 Å². The summed E-state index contributed by atoms with van der Waals surface area (Å²) in [5, 5.41) is 14.3. The van der Waals surface area contributed by atoms with E-state index in [0.717, 1.165) is 24.7 Å². The Bertz CT molecular complexity index is 344. The fraction of sp³-hybridized carbons (Fsp3) is 0.846. The highest BCUT2D eigenvalue weighted by Crippen LogP contribution is 2.30. The van der Waals surface area contributed by atoms with Crippen molar-refractivity contribution in [3.8, 4) is 0 Å². The minimum absolute atomic E-state index is 0.254. The van der Waals surface area contributed by atoms with Crippen molar-refractivity contribution < 1.29 is 5.11 Å². The van der Waals surface area contributed by atoms with Gasteiger partial charge in [-0.1, -0.05) is 33.1 Å². The van der Waals surface area contributed by atoms with E-state index in [4.69, 9.17) is 0 Å². The molecule has 1 aromatic rings. The summed E-state index contributed by atoms with van der Waals surface area (Å²) >= 11 is 0. The van der Waals surface area contributed by atoms with E-state index in [1.807, 2.05) is 4.68 Å². The number of hydrogen-bond donors (Lipinski definition) is 1. The van der Waals surface area contributed by atoms with Gasteiger partial charge in [-0.05, 0) is 18.3 Å². The van der Waals surface area contributed by atoms with Gasteiger partial charge in [-0.15, -0.1) is 0 Å². The summed E-state index contributed by atoms with van der Waals surface area (Å²) in [6.07, 6.45) is 6.81. The normalized spacial score (nSPS) is 18.4. The second-order valence-corrected chi connectivity index (χ2v) is 5.64. The average molecular weight is 237 g/mol. The minimum atomic E-state index is -0.254. The third-order valence-corrected chi connectivity index (χ3v) is 3.48. The van der Waals surface area contributed by atoms with Gasteiger partial charge in [0.05, 0.1) is 6.10 Å². The molecule has 0 saturated heterocycles. The van der Waals surface area contributed by atoms with E-state index < -0.39 is 0 Å². The van der Waals surface area contributed by atoms with Crippen molar-refractivity contribution in [3.05, 3.63) is 12.2 Å². The van der Waals surface area contributed by atoms with Crippen molar-refractivity contribution in [1.29, 1.82) is 0 Å². The maximum Gasteiger partial charge on any atom is 0.138 e. The van der Waals surface area contributed by atoms with Crippen molar-refractivity contribution in [2.75, 3.05) is 0 Å². The van der Waals surface area contributed by atoms with Crippen LogP contribution in [0.5, 0.6) is 0 Å². The Morgan fingerprint density at radius 3 is 2.82 bits per heavy atom. The lowest BCUT2D eigenvalue weighted by Gasteiger charge is -2.27. The van der Waals surface area contributed by atoms with E-state index in [9.17, 15) is 5.11 Å². The predicted octanol–water partition coefficient (Wildman–Crippen LogP) is 2.03. The van der Waals surface area contributed by atoms with Gasteiger partial charge in [0.1, 0.15) is 12.2 Å². The summed E-state index contributed by atoms with van der Waals surface area (Å²) in [6.45, 7) is 5.21. The molecule has 1 aliphatic carbocycles. The molecule has 1 saturated carbocycles. The van der Waals surface area contributed by atoms with Crippen molar-refractivity contribution in [3.63, 3.8) is 0 Å². The second kappa shape index (κ2) is 5.63. The molecule has 1 unspecified atom stereocenters. The average Bonchev–Trinajstić information content (AvgIpc) is 2.59. The van der Waals surface area contributed by atoms with Gasteiger partial charge in [0, 0.05) is 13.0 Å². The van der Waals surface area contributed by atoms with E-state index in [2.05, 4.69) is 23.9 Å². The van der Waals surface area contributed by atoms with Crippen LogP contribution in [-0.4, -0.2) is 26.0 Å². The van der Waals surface area contributed by atoms with Crippen molar-refractivity contribution in [2.24, 2.45) is 11.8 Å². The summed E-state index contributed by atoms with van der Waals surface area (Å²) in [7, 11) is 0. The number of aromatic nitrogens is 3. The summed E-state index contributed by atoms with van der Waals surface area (Å²) < 4.78 is 1.93. The summed E-state index contributed by atoms with van der Waals surface area (Å²) in [5.74, 6) is 2.22. The first-order chi connectivity index (χ1) is 8.15. The molecule has 2 rings (SSSR count). The Kier molecular flexibility index (Phi) is 4.15. The highest BCUT2D eigenvalue weighted by Gasteiger charge is 2.22. The van der Waals surface area contributed by atoms with E-state index >= 15 is 0 Å². The van der Waals surface area contributed by atoms with Crippen LogP contribution in [-0.2, 0) is 13.0 Å². The monoisotopic (exact) mass is 237 g/mol. The molecule has 17 heavy (non-hydrogen) atoms. The predicted molar refractivity (Wildman–Crippen MR) is 66.5 cm³/mol. The first kappa shape index (κ1) is 12.6. The van der Waals surface area contributed by atoms with E-state index in [1.54, 1.807) is 6.33 Å². The van der Waals surface area contributed by atoms with Crippen LogP contribution in [0, 0.1) is 11.8 Å². The molecular weight excluding hydrogens is 214 g/mol. The van der Waals surface area contributed by atoms with Gasteiger partial charge in [-0.2, -0.15) is 5.10 Å². The lowest BCUT2D eigenvalue weighted by Crippen LogP contribution is -2.23. The Labute approximate surface area is 103 Å². The van der Waals surface area contributed by atoms with Gasteiger partial charge in [0.2, 0.25) is 0 Å². The standard InChI is InChI=1S/C13H23N3O/c1-10(2)8-16-13(14-9-15-16)7-12(17)6-11-4-3-5-11/h9-12,17H,3-8H2,1-2H3. The third kappa shape index (κ3) is 3.53. The van der Waals surface area contributed by atoms with Crippen LogP contribution in [0.3, 0.4) is 0 Å². The van der Waals surface area contributed by atoms with Crippen molar-refractivity contribution >= 4 is 0 Å². The molecule has 1 N–H and O–H groups in total. The molecule has 4 nitrogen and oxygen atoms in total. The highest BCUT2D eigenvalue weighted by atomic mass is 16.3. The number of nitrogens with zero attached hydrogens (tertiary/aromatic N) is 3. The number of aliphatic hydroxyl groups excluding tert-OH is 1. The molecule has 0 bridgehead atoms. The lowest BCUT2D eigenvalue weighted by atomic mass is 9.81. The molecule has 1 atom stereocenters. The van der Waals surface area contributed by atoms with Gasteiger partial charge in [0.25, 0.3) is 0 Å². The summed E-state index contributed by atoms with van der Waals surface area (Å²) in [4.78, 5) is 4.25. The van der Waals surface area contributed by atoms with E-state index in [-0.39, 0.29) is 6.10 Å². The Morgan fingerprint density at radius 2 is 2.24 bits per heavy atom. The molecule has 96 valence electrons. The van der Waals surface area contributed by atoms with Crippen molar-refractivity contribution in [1.82, 2.24) is 14.8 Å². The molecule has 0 radical (unpaired) electrons. The molecule has 1 fully saturated rings. The number of aliphatic hydroxyl groups is 1. The van der Waals surface area contributed by atoms with Gasteiger partial charge < -0.3 is 5.11 Å². The SMILES string of the molecule is CC(C)Cn1ncnc1CC(O)CC1CCC1. The highest BCUT2D eigenvalue weighted by molar-refractivity contribution is 4.89. The smallest absolute Gasteiger partial charge is 0.138 e. The maximum absolute atomic E-state index is 10.0. The fourth-order valence-electron chi connectivity index (χ4n) is 2.35. The van der Waals surface area contributed by atoms with Crippen LogP contribution < -0.4 is 0 Å². The van der Waals surface area contributed by atoms with Crippen LogP contribution in [0.4, 0.5) is 0 Å². The van der Waals surface area contributed by atoms with Gasteiger partial charge in [0.15, 0.2) is 0 Å². The molecule has 4 heteroatoms. The number of hydrogen-bond acceptors (Lipinski definition) is 3. The van der Waals surface area contributed by atoms with E-state index in [1.165, 1.54) is 19.3 Å². The second-order valence-electron chi connectivity index (χ2n) is 5.64. The molecule has 0 spiro atoms. The zero-order valence-corrected chi connectivity index (χ0v) is 10.8. The first-order valence-electron chi connectivity index (χ1n) is 6.70. The van der Waals surface area contributed by atoms with Gasteiger partial charge >= 0.3 is 0 Å². The molecule has 1 aliphatic rings. The summed E-state index contributed by atoms with van der Waals surface area (Å²) in [5.41, 5.74) is 0. The van der Waals surface area contributed by atoms with Crippen molar-refractivity contribution in [2.45, 2.75) is 58.6 Å². The molecule has 0 aliphatic heterocycles. The molecule has 1 aromatic heterocycles. The van der Waals surface area contributed by atoms with Crippen LogP contribution in [0.2, 0.25) is 0 Å². The maximum atomic E-state index is 10.0. The Balaban J connectivity index is 1.86. The number of rotatable bonds is 6. The molecule has 0 amide bonds. The summed E-state index contributed by atoms with van der Waals surface area (Å²) in [6, 6.07) is 0. The minimum Gasteiger partial charge on any atom is -0.393 e. The van der Waals surface area contributed by atoms with Gasteiger partial charge in [-0.25, -0.2) is 9.67 Å².